The van der Waals surface area contributed by atoms with Gasteiger partial charge in [-0.05, 0) is 42.5 Å². The number of fused-ring (bicyclic) bond motifs is 1. The van der Waals surface area contributed by atoms with Crippen molar-refractivity contribution in [2.45, 2.75) is 39.2 Å². The molecule has 0 bridgehead atoms. The number of nitrogens with one attached hydrogen (secondary N) is 1. The van der Waals surface area contributed by atoms with Gasteiger partial charge in [0, 0.05) is 22.9 Å². The number of aromatic nitrogens is 2. The molecule has 7 heteroatoms. The molecule has 0 aliphatic carbocycles. The van der Waals surface area contributed by atoms with Crippen molar-refractivity contribution in [3.63, 3.8) is 0 Å². The molecule has 0 saturated carbocycles. The van der Waals surface area contributed by atoms with Crippen LogP contribution in [-0.4, -0.2) is 33.1 Å². The Hall–Kier alpha value is -2.67. The second-order valence-electron chi connectivity index (χ2n) is 6.40. The van der Waals surface area contributed by atoms with Gasteiger partial charge in [-0.2, -0.15) is 0 Å². The fourth-order valence-electron chi connectivity index (χ4n) is 3.30. The smallest absolute Gasteiger partial charge is 0.322 e. The number of hydrogen-bond donors (Lipinski definition) is 2. The first-order valence-corrected chi connectivity index (χ1v) is 9.94. The van der Waals surface area contributed by atoms with E-state index in [0.717, 1.165) is 36.1 Å². The molecule has 1 amide bonds. The summed E-state index contributed by atoms with van der Waals surface area (Å²) in [5, 5.41) is 13.2. The molecule has 1 aromatic carbocycles. The van der Waals surface area contributed by atoms with E-state index in [9.17, 15) is 9.59 Å². The highest BCUT2D eigenvalue weighted by molar-refractivity contribution is 7.09. The van der Waals surface area contributed by atoms with Crippen LogP contribution in [0, 0.1) is 0 Å². The maximum absolute atomic E-state index is 12.2. The number of carboxylic acids is 1. The van der Waals surface area contributed by atoms with Crippen molar-refractivity contribution < 1.29 is 14.7 Å². The molecule has 3 rings (SSSR count). The number of carbonyl (C=O) groups is 2. The normalized spacial score (nSPS) is 11.2. The summed E-state index contributed by atoms with van der Waals surface area (Å²) in [6, 6.07) is 9.87. The van der Waals surface area contributed by atoms with E-state index in [-0.39, 0.29) is 0 Å². The average Bonchev–Trinajstić information content (AvgIpc) is 3.29. The van der Waals surface area contributed by atoms with Gasteiger partial charge in [0.05, 0.1) is 11.0 Å². The van der Waals surface area contributed by atoms with Crippen LogP contribution in [0.4, 0.5) is 0 Å². The Morgan fingerprint density at radius 3 is 2.67 bits per heavy atom. The monoisotopic (exact) mass is 385 g/mol. The molecule has 0 aliphatic heterocycles. The van der Waals surface area contributed by atoms with Gasteiger partial charge in [0.1, 0.15) is 12.4 Å². The minimum Gasteiger partial charge on any atom is -0.480 e. The third kappa shape index (κ3) is 4.19. The average molecular weight is 385 g/mol. The number of nitrogens with zero attached hydrogens (tertiary/aromatic N) is 2. The summed E-state index contributed by atoms with van der Waals surface area (Å²) < 4.78 is 2.29. The van der Waals surface area contributed by atoms with Gasteiger partial charge in [-0.25, -0.2) is 4.98 Å². The third-order valence-electron chi connectivity index (χ3n) is 4.64. The molecule has 27 heavy (non-hydrogen) atoms. The predicted molar refractivity (Wildman–Crippen MR) is 106 cm³/mol. The molecule has 3 aromatic rings. The highest BCUT2D eigenvalue weighted by atomic mass is 32.1. The zero-order valence-electron chi connectivity index (χ0n) is 15.4. The molecular formula is C20H23N3O3S. The molecule has 0 atom stereocenters. The molecule has 142 valence electrons. The number of hydrogen-bond acceptors (Lipinski definition) is 4. The maximum atomic E-state index is 12.2. The van der Waals surface area contributed by atoms with Crippen LogP contribution in [0.3, 0.4) is 0 Å². The van der Waals surface area contributed by atoms with E-state index >= 15 is 0 Å². The summed E-state index contributed by atoms with van der Waals surface area (Å²) in [5.74, 6) is -0.485. The lowest BCUT2D eigenvalue weighted by atomic mass is 10.1. The lowest BCUT2D eigenvalue weighted by Gasteiger charge is -2.18. The van der Waals surface area contributed by atoms with Gasteiger partial charge in [-0.15, -0.1) is 11.3 Å². The minimum absolute atomic E-state index is 0.344. The lowest BCUT2D eigenvalue weighted by molar-refractivity contribution is -0.135. The zero-order valence-corrected chi connectivity index (χ0v) is 16.3. The fraction of sp³-hybridized carbons (Fsp3) is 0.350. The predicted octanol–water partition coefficient (Wildman–Crippen LogP) is 3.86. The van der Waals surface area contributed by atoms with Crippen molar-refractivity contribution >= 4 is 34.2 Å². The Balaban J connectivity index is 2.01. The summed E-state index contributed by atoms with van der Waals surface area (Å²) in [5.41, 5.74) is 2.18. The van der Waals surface area contributed by atoms with Crippen molar-refractivity contribution in [3.8, 4) is 0 Å². The molecule has 0 unspecified atom stereocenters. The second kappa shape index (κ2) is 8.35. The van der Waals surface area contributed by atoms with Gasteiger partial charge in [-0.3, -0.25) is 9.59 Å². The fourth-order valence-corrected chi connectivity index (χ4v) is 4.00. The van der Waals surface area contributed by atoms with Gasteiger partial charge < -0.3 is 15.0 Å². The van der Waals surface area contributed by atoms with Crippen molar-refractivity contribution in [2.24, 2.45) is 0 Å². The standard InChI is InChI=1S/C20H23N3O3S/c1-3-14(4-2)23-17-8-7-13(20(26)21-12-19(24)25)10-16(17)22-18(23)11-15-6-5-9-27-15/h5-10,14H,3-4,11-12H2,1-2H3,(H,21,26)(H,24,25). The molecule has 6 nitrogen and oxygen atoms in total. The van der Waals surface area contributed by atoms with Gasteiger partial charge in [-0.1, -0.05) is 19.9 Å². The molecule has 0 fully saturated rings. The number of benzene rings is 1. The Morgan fingerprint density at radius 1 is 1.26 bits per heavy atom. The van der Waals surface area contributed by atoms with Crippen LogP contribution in [0.5, 0.6) is 0 Å². The number of thiophene rings is 1. The summed E-state index contributed by atoms with van der Waals surface area (Å²) in [6.07, 6.45) is 2.75. The molecule has 0 spiro atoms. The van der Waals surface area contributed by atoms with Gasteiger partial charge >= 0.3 is 5.97 Å². The third-order valence-corrected chi connectivity index (χ3v) is 5.52. The van der Waals surface area contributed by atoms with Crippen molar-refractivity contribution in [2.75, 3.05) is 6.54 Å². The van der Waals surface area contributed by atoms with E-state index < -0.39 is 18.4 Å². The van der Waals surface area contributed by atoms with Crippen LogP contribution in [-0.2, 0) is 11.2 Å². The lowest BCUT2D eigenvalue weighted by Crippen LogP contribution is -2.29. The Kier molecular flexibility index (Phi) is 5.91. The number of amides is 1. The number of rotatable bonds is 8. The van der Waals surface area contributed by atoms with E-state index in [1.165, 1.54) is 4.88 Å². The minimum atomic E-state index is -1.07. The van der Waals surface area contributed by atoms with E-state index in [1.807, 2.05) is 12.1 Å². The second-order valence-corrected chi connectivity index (χ2v) is 7.44. The van der Waals surface area contributed by atoms with E-state index in [2.05, 4.69) is 35.2 Å². The number of carboxylic acid groups (broad SMARTS) is 1. The zero-order chi connectivity index (χ0) is 19.4. The highest BCUT2D eigenvalue weighted by Crippen LogP contribution is 2.28. The molecular weight excluding hydrogens is 362 g/mol. The molecule has 0 radical (unpaired) electrons. The Labute approximate surface area is 161 Å². The molecule has 2 heterocycles. The first-order valence-electron chi connectivity index (χ1n) is 9.06. The van der Waals surface area contributed by atoms with Crippen molar-refractivity contribution in [1.82, 2.24) is 14.9 Å². The van der Waals surface area contributed by atoms with Crippen LogP contribution >= 0.6 is 11.3 Å². The Morgan fingerprint density at radius 2 is 2.04 bits per heavy atom. The van der Waals surface area contributed by atoms with Crippen LogP contribution in [0.25, 0.3) is 11.0 Å². The molecule has 2 aromatic heterocycles. The molecule has 2 N–H and O–H groups in total. The summed E-state index contributed by atoms with van der Waals surface area (Å²) >= 11 is 1.71. The first-order chi connectivity index (χ1) is 13.0. The number of aliphatic carboxylic acids is 1. The van der Waals surface area contributed by atoms with Crippen LogP contribution in [0.15, 0.2) is 35.7 Å². The SMILES string of the molecule is CCC(CC)n1c(Cc2cccs2)nc2cc(C(=O)NCC(=O)O)ccc21. The van der Waals surface area contributed by atoms with Gasteiger partial charge in [0.15, 0.2) is 0 Å². The molecule has 0 aliphatic rings. The van der Waals surface area contributed by atoms with Crippen LogP contribution < -0.4 is 5.32 Å². The van der Waals surface area contributed by atoms with Crippen molar-refractivity contribution in [3.05, 3.63) is 52.0 Å². The quantitative estimate of drug-likeness (QED) is 0.617. The highest BCUT2D eigenvalue weighted by Gasteiger charge is 2.19. The maximum Gasteiger partial charge on any atom is 0.322 e. The molecule has 0 saturated heterocycles. The first kappa shape index (κ1) is 19.1. The Bertz CT molecular complexity index is 943. The van der Waals surface area contributed by atoms with Crippen LogP contribution in [0.1, 0.15) is 53.8 Å². The van der Waals surface area contributed by atoms with Gasteiger partial charge in [0.2, 0.25) is 0 Å². The number of carbonyl (C=O) groups excluding carboxylic acids is 1. The van der Waals surface area contributed by atoms with Gasteiger partial charge in [0.25, 0.3) is 5.91 Å². The van der Waals surface area contributed by atoms with Crippen LogP contribution in [0.2, 0.25) is 0 Å². The topological polar surface area (TPSA) is 84.2 Å². The van der Waals surface area contributed by atoms with E-state index in [1.54, 1.807) is 23.5 Å². The summed E-state index contributed by atoms with van der Waals surface area (Å²) in [7, 11) is 0. The summed E-state index contributed by atoms with van der Waals surface area (Å²) in [4.78, 5) is 28.9. The largest absolute Gasteiger partial charge is 0.480 e. The van der Waals surface area contributed by atoms with E-state index in [4.69, 9.17) is 10.1 Å². The number of imidazole rings is 1. The van der Waals surface area contributed by atoms with E-state index in [0.29, 0.717) is 11.6 Å². The van der Waals surface area contributed by atoms with Crippen molar-refractivity contribution in [1.29, 1.82) is 0 Å². The summed E-state index contributed by atoms with van der Waals surface area (Å²) in [6.45, 7) is 3.94.